The number of nitrogens with one attached hydrogen (secondary N) is 1. The Bertz CT molecular complexity index is 1100. The molecule has 0 bridgehead atoms. The van der Waals surface area contributed by atoms with Crippen LogP contribution in [0.3, 0.4) is 0 Å². The van der Waals surface area contributed by atoms with Crippen molar-refractivity contribution < 1.29 is 17.9 Å². The monoisotopic (exact) mass is 441 g/mol. The minimum absolute atomic E-state index is 0.000937. The second-order valence-electron chi connectivity index (χ2n) is 6.35. The van der Waals surface area contributed by atoms with Crippen molar-refractivity contribution in [3.05, 3.63) is 78.6 Å². The lowest BCUT2D eigenvalue weighted by Gasteiger charge is -2.08. The van der Waals surface area contributed by atoms with Gasteiger partial charge >= 0.3 is 0 Å². The molecule has 0 fully saturated rings. The number of ether oxygens (including phenoxy) is 1. The molecule has 3 aromatic rings. The number of carbonyl (C=O) groups excluding carboxylic acids is 1. The molecule has 3 rings (SSSR count). The van der Waals surface area contributed by atoms with Crippen molar-refractivity contribution in [3.8, 4) is 5.75 Å². The zero-order valence-electron chi connectivity index (χ0n) is 15.9. The first-order valence-electron chi connectivity index (χ1n) is 9.02. The number of nitrogens with zero attached hydrogens (tertiary/aromatic N) is 2. The van der Waals surface area contributed by atoms with Crippen LogP contribution in [-0.2, 0) is 21.2 Å². The van der Waals surface area contributed by atoms with Crippen molar-refractivity contribution in [1.29, 1.82) is 0 Å². The number of ketones is 1. The van der Waals surface area contributed by atoms with E-state index >= 15 is 0 Å². The maximum Gasteiger partial charge on any atom is 0.264 e. The van der Waals surface area contributed by atoms with Crippen molar-refractivity contribution >= 4 is 38.8 Å². The number of rotatable bonds is 10. The maximum atomic E-state index is 12.4. The number of Topliss-reactive ketones (excluding diaryl/α,β-unsaturated/α-hetero) is 1. The van der Waals surface area contributed by atoms with Gasteiger partial charge in [-0.2, -0.15) is 0 Å². The Labute approximate surface area is 180 Å². The third kappa shape index (κ3) is 6.43. The van der Waals surface area contributed by atoms with Gasteiger partial charge in [0.1, 0.15) is 12.4 Å². The predicted molar refractivity (Wildman–Crippen MR) is 117 cm³/mol. The lowest BCUT2D eigenvalue weighted by Crippen LogP contribution is -2.16. The van der Waals surface area contributed by atoms with E-state index in [1.165, 1.54) is 24.5 Å². The van der Waals surface area contributed by atoms with E-state index in [4.69, 9.17) is 17.0 Å². The van der Waals surface area contributed by atoms with Crippen molar-refractivity contribution in [2.24, 2.45) is 0 Å². The van der Waals surface area contributed by atoms with E-state index in [9.17, 15) is 13.2 Å². The number of thiocarbonyl (C=S) groups is 1. The molecule has 0 aliphatic rings. The van der Waals surface area contributed by atoms with Crippen LogP contribution >= 0.6 is 12.2 Å². The van der Waals surface area contributed by atoms with Crippen molar-refractivity contribution in [1.82, 2.24) is 9.97 Å². The van der Waals surface area contributed by atoms with E-state index in [0.29, 0.717) is 17.0 Å². The van der Waals surface area contributed by atoms with Gasteiger partial charge in [0, 0.05) is 30.1 Å². The van der Waals surface area contributed by atoms with Crippen LogP contribution in [0.25, 0.3) is 0 Å². The predicted octanol–water partition coefficient (Wildman–Crippen LogP) is 3.23. The summed E-state index contributed by atoms with van der Waals surface area (Å²) in [5.74, 6) is 0.511. The van der Waals surface area contributed by atoms with E-state index in [-0.39, 0.29) is 29.7 Å². The standard InChI is InChI=1S/C21H19N3O4S2/c25-17(15-28-18-5-2-1-3-6-18)14-19(29)13-16-7-9-20(10-8-16)30(26,27)24-21-22-11-4-12-23-21/h1-12H,13-15H2,(H,22,23,24). The number of carbonyl (C=O) groups is 1. The Kier molecular flexibility index (Phi) is 7.21. The average molecular weight is 442 g/mol. The van der Waals surface area contributed by atoms with E-state index in [1.807, 2.05) is 18.2 Å². The van der Waals surface area contributed by atoms with E-state index < -0.39 is 10.0 Å². The quantitative estimate of drug-likeness (QED) is 0.482. The number of aromatic nitrogens is 2. The number of hydrogen-bond donors (Lipinski definition) is 1. The molecule has 0 radical (unpaired) electrons. The molecule has 0 aliphatic heterocycles. The van der Waals surface area contributed by atoms with Crippen LogP contribution < -0.4 is 9.46 Å². The first-order chi connectivity index (χ1) is 14.4. The SMILES string of the molecule is O=C(COc1ccccc1)CC(=S)Cc1ccc(S(=O)(=O)Nc2ncccn2)cc1. The molecule has 0 amide bonds. The fourth-order valence-corrected chi connectivity index (χ4v) is 3.84. The smallest absolute Gasteiger partial charge is 0.264 e. The fourth-order valence-electron chi connectivity index (χ4n) is 2.56. The first-order valence-corrected chi connectivity index (χ1v) is 10.9. The topological polar surface area (TPSA) is 98.2 Å². The van der Waals surface area contributed by atoms with E-state index in [0.717, 1.165) is 5.56 Å². The number of hydrogen-bond acceptors (Lipinski definition) is 7. The molecule has 0 spiro atoms. The van der Waals surface area contributed by atoms with Crippen LogP contribution in [0.4, 0.5) is 5.95 Å². The maximum absolute atomic E-state index is 12.4. The largest absolute Gasteiger partial charge is 0.486 e. The van der Waals surface area contributed by atoms with Crippen LogP contribution in [0, 0.1) is 0 Å². The summed E-state index contributed by atoms with van der Waals surface area (Å²) in [7, 11) is -3.79. The normalized spacial score (nSPS) is 10.9. The summed E-state index contributed by atoms with van der Waals surface area (Å²) >= 11 is 5.31. The molecule has 0 saturated carbocycles. The van der Waals surface area contributed by atoms with Gasteiger partial charge in [-0.25, -0.2) is 23.1 Å². The molecule has 1 N–H and O–H groups in total. The minimum Gasteiger partial charge on any atom is -0.486 e. The molecule has 7 nitrogen and oxygen atoms in total. The Hall–Kier alpha value is -3.17. The molecule has 1 aromatic heterocycles. The fraction of sp³-hybridized carbons (Fsp3) is 0.143. The molecule has 30 heavy (non-hydrogen) atoms. The van der Waals surface area contributed by atoms with Gasteiger partial charge in [-0.1, -0.05) is 42.5 Å². The number of sulfonamides is 1. The third-order valence-electron chi connectivity index (χ3n) is 3.96. The van der Waals surface area contributed by atoms with E-state index in [1.54, 1.807) is 30.3 Å². The average Bonchev–Trinajstić information content (AvgIpc) is 2.74. The Morgan fingerprint density at radius 1 is 0.967 bits per heavy atom. The van der Waals surface area contributed by atoms with Gasteiger partial charge in [0.25, 0.3) is 10.0 Å². The van der Waals surface area contributed by atoms with Crippen LogP contribution in [-0.4, -0.2) is 35.6 Å². The summed E-state index contributed by atoms with van der Waals surface area (Å²) in [5, 5.41) is 0. The molecule has 154 valence electrons. The summed E-state index contributed by atoms with van der Waals surface area (Å²) in [6.07, 6.45) is 3.40. The Balaban J connectivity index is 1.52. The Morgan fingerprint density at radius 3 is 2.30 bits per heavy atom. The minimum atomic E-state index is -3.79. The summed E-state index contributed by atoms with van der Waals surface area (Å²) in [6.45, 7) is -0.0471. The van der Waals surface area contributed by atoms with Crippen molar-refractivity contribution in [3.63, 3.8) is 0 Å². The van der Waals surface area contributed by atoms with Gasteiger partial charge in [-0.05, 0) is 35.9 Å². The highest BCUT2D eigenvalue weighted by Gasteiger charge is 2.15. The molecular formula is C21H19N3O4S2. The summed E-state index contributed by atoms with van der Waals surface area (Å²) in [6, 6.07) is 17.0. The van der Waals surface area contributed by atoms with Gasteiger partial charge in [0.05, 0.1) is 4.90 Å². The lowest BCUT2D eigenvalue weighted by atomic mass is 10.1. The molecule has 1 heterocycles. The van der Waals surface area contributed by atoms with Crippen LogP contribution in [0.2, 0.25) is 0 Å². The number of para-hydroxylation sites is 1. The summed E-state index contributed by atoms with van der Waals surface area (Å²) in [4.78, 5) is 20.4. The van der Waals surface area contributed by atoms with Crippen LogP contribution in [0.15, 0.2) is 78.0 Å². The zero-order valence-corrected chi connectivity index (χ0v) is 17.5. The molecule has 0 atom stereocenters. The molecule has 0 aliphatic carbocycles. The summed E-state index contributed by atoms with van der Waals surface area (Å²) < 4.78 is 32.5. The van der Waals surface area contributed by atoms with E-state index in [2.05, 4.69) is 14.7 Å². The molecule has 9 heteroatoms. The molecule has 2 aromatic carbocycles. The second kappa shape index (κ2) is 10.0. The zero-order chi connectivity index (χ0) is 21.4. The van der Waals surface area contributed by atoms with Gasteiger partial charge in [-0.15, -0.1) is 0 Å². The van der Waals surface area contributed by atoms with Crippen LogP contribution in [0.5, 0.6) is 5.75 Å². The van der Waals surface area contributed by atoms with Gasteiger partial charge in [-0.3, -0.25) is 4.79 Å². The van der Waals surface area contributed by atoms with Gasteiger partial charge in [0.15, 0.2) is 5.78 Å². The van der Waals surface area contributed by atoms with Crippen molar-refractivity contribution in [2.45, 2.75) is 17.7 Å². The lowest BCUT2D eigenvalue weighted by molar-refractivity contribution is -0.119. The highest BCUT2D eigenvalue weighted by atomic mass is 32.2. The molecular weight excluding hydrogens is 422 g/mol. The highest BCUT2D eigenvalue weighted by molar-refractivity contribution is 7.92. The highest BCUT2D eigenvalue weighted by Crippen LogP contribution is 2.15. The molecule has 0 saturated heterocycles. The van der Waals surface area contributed by atoms with Crippen LogP contribution in [0.1, 0.15) is 12.0 Å². The second-order valence-corrected chi connectivity index (χ2v) is 8.61. The number of anilines is 1. The van der Waals surface area contributed by atoms with Crippen molar-refractivity contribution in [2.75, 3.05) is 11.3 Å². The third-order valence-corrected chi connectivity index (χ3v) is 5.60. The summed E-state index contributed by atoms with van der Waals surface area (Å²) in [5.41, 5.74) is 0.812. The Morgan fingerprint density at radius 2 is 1.63 bits per heavy atom. The molecule has 0 unspecified atom stereocenters. The first kappa shape index (κ1) is 21.5. The van der Waals surface area contributed by atoms with Gasteiger partial charge < -0.3 is 4.74 Å². The van der Waals surface area contributed by atoms with Gasteiger partial charge in [0.2, 0.25) is 5.95 Å². The number of benzene rings is 2.